The molecule has 164 valence electrons. The molecule has 4 N–H and O–H groups in total. The minimum Gasteiger partial charge on any atom is -0.480 e. The normalized spacial score (nSPS) is 12.2. The van der Waals surface area contributed by atoms with Gasteiger partial charge in [0.15, 0.2) is 0 Å². The third-order valence-corrected chi connectivity index (χ3v) is 5.54. The topological polar surface area (TPSA) is 137 Å². The summed E-state index contributed by atoms with van der Waals surface area (Å²) in [6, 6.07) is 11.7. The Morgan fingerprint density at radius 3 is 2.69 bits per heavy atom. The predicted octanol–water partition coefficient (Wildman–Crippen LogP) is 1.45. The lowest BCUT2D eigenvalue weighted by Gasteiger charge is -2.14. The van der Waals surface area contributed by atoms with Crippen molar-refractivity contribution in [3.05, 3.63) is 80.5 Å². The highest BCUT2D eigenvalue weighted by Crippen LogP contribution is 2.19. The summed E-state index contributed by atoms with van der Waals surface area (Å²) >= 11 is 0. The number of H-pyrrole nitrogens is 2. The maximum Gasteiger partial charge on any atom is 0.326 e. The number of aryl methyl sites for hydroxylation is 2. The molecule has 0 unspecified atom stereocenters. The van der Waals surface area contributed by atoms with Gasteiger partial charge in [0, 0.05) is 37.0 Å². The van der Waals surface area contributed by atoms with Gasteiger partial charge in [-0.05, 0) is 35.7 Å². The number of carbonyl (C=O) groups excluding carboxylic acids is 1. The van der Waals surface area contributed by atoms with Crippen LogP contribution in [0.4, 0.5) is 0 Å². The molecule has 0 radical (unpaired) electrons. The van der Waals surface area contributed by atoms with E-state index in [0.717, 1.165) is 22.0 Å². The Labute approximate surface area is 181 Å². The summed E-state index contributed by atoms with van der Waals surface area (Å²) in [5, 5.41) is 13.1. The number of carboxylic acids is 1. The summed E-state index contributed by atoms with van der Waals surface area (Å²) < 4.78 is 1.27. The van der Waals surface area contributed by atoms with Crippen LogP contribution in [0.2, 0.25) is 0 Å². The van der Waals surface area contributed by atoms with Gasteiger partial charge in [-0.15, -0.1) is 0 Å². The summed E-state index contributed by atoms with van der Waals surface area (Å²) in [6.07, 6.45) is 2.36. The Balaban J connectivity index is 1.44. The van der Waals surface area contributed by atoms with Gasteiger partial charge in [-0.3, -0.25) is 14.4 Å². The molecule has 2 aromatic carbocycles. The van der Waals surface area contributed by atoms with Crippen molar-refractivity contribution >= 4 is 33.8 Å². The van der Waals surface area contributed by atoms with Crippen molar-refractivity contribution in [2.45, 2.75) is 25.3 Å². The number of benzene rings is 2. The molecule has 0 aliphatic carbocycles. The summed E-state index contributed by atoms with van der Waals surface area (Å²) in [4.78, 5) is 53.3. The molecule has 1 atom stereocenters. The second-order valence-corrected chi connectivity index (χ2v) is 7.69. The molecule has 0 aliphatic rings. The van der Waals surface area contributed by atoms with Crippen molar-refractivity contribution in [3.63, 3.8) is 0 Å². The van der Waals surface area contributed by atoms with Crippen molar-refractivity contribution in [1.82, 2.24) is 19.9 Å². The first kappa shape index (κ1) is 21.1. The lowest BCUT2D eigenvalue weighted by molar-refractivity contribution is -0.141. The number of hydrogen-bond donors (Lipinski definition) is 4. The van der Waals surface area contributed by atoms with Crippen LogP contribution in [0.15, 0.2) is 58.3 Å². The van der Waals surface area contributed by atoms with Gasteiger partial charge in [-0.25, -0.2) is 4.79 Å². The number of carboxylic acid groups (broad SMARTS) is 1. The molecule has 0 aliphatic heterocycles. The van der Waals surface area contributed by atoms with E-state index >= 15 is 0 Å². The summed E-state index contributed by atoms with van der Waals surface area (Å²) in [7, 11) is 1.52. The van der Waals surface area contributed by atoms with Gasteiger partial charge in [0.1, 0.15) is 6.04 Å². The molecule has 0 spiro atoms. The van der Waals surface area contributed by atoms with Gasteiger partial charge < -0.3 is 25.0 Å². The number of nitrogens with one attached hydrogen (secondary N) is 3. The fourth-order valence-electron chi connectivity index (χ4n) is 3.81. The van der Waals surface area contributed by atoms with Crippen LogP contribution < -0.4 is 16.4 Å². The Hall–Kier alpha value is -4.14. The van der Waals surface area contributed by atoms with Gasteiger partial charge in [0.05, 0.1) is 11.0 Å². The van der Waals surface area contributed by atoms with E-state index < -0.39 is 23.1 Å². The van der Waals surface area contributed by atoms with E-state index in [1.54, 1.807) is 24.4 Å². The smallest absolute Gasteiger partial charge is 0.326 e. The first-order chi connectivity index (χ1) is 15.3. The Morgan fingerprint density at radius 2 is 1.91 bits per heavy atom. The number of para-hydroxylation sites is 1. The summed E-state index contributed by atoms with van der Waals surface area (Å²) in [6.45, 7) is 0. The Bertz CT molecular complexity index is 1450. The van der Waals surface area contributed by atoms with E-state index in [1.807, 2.05) is 24.3 Å². The maximum absolute atomic E-state index is 12.5. The van der Waals surface area contributed by atoms with Crippen LogP contribution in [0.5, 0.6) is 0 Å². The molecular weight excluding hydrogens is 412 g/mol. The van der Waals surface area contributed by atoms with E-state index in [-0.39, 0.29) is 18.7 Å². The standard InChI is InChI=1S/C23H22N4O5/c1-27-19-8-6-13(10-17(19)26-21(29)22(27)30)7-9-20(28)25-18(23(31)32)11-14-12-24-16-5-3-2-4-15(14)16/h2-6,8,10,12,18,24H,7,9,11H2,1H3,(H,25,28)(H,26,29)(H,31,32)/t18-/m1/s1. The first-order valence-electron chi connectivity index (χ1n) is 10.1. The van der Waals surface area contributed by atoms with E-state index in [9.17, 15) is 24.3 Å². The zero-order valence-corrected chi connectivity index (χ0v) is 17.3. The molecule has 1 amide bonds. The molecule has 9 nitrogen and oxygen atoms in total. The molecule has 0 bridgehead atoms. The number of hydrogen-bond acceptors (Lipinski definition) is 4. The van der Waals surface area contributed by atoms with Crippen LogP contribution in [-0.4, -0.2) is 37.6 Å². The number of fused-ring (bicyclic) bond motifs is 2. The Morgan fingerprint density at radius 1 is 1.12 bits per heavy atom. The molecule has 9 heteroatoms. The monoisotopic (exact) mass is 434 g/mol. The highest BCUT2D eigenvalue weighted by Gasteiger charge is 2.21. The van der Waals surface area contributed by atoms with Crippen LogP contribution in [0.1, 0.15) is 17.5 Å². The van der Waals surface area contributed by atoms with Crippen molar-refractivity contribution in [3.8, 4) is 0 Å². The number of rotatable bonds is 7. The predicted molar refractivity (Wildman–Crippen MR) is 120 cm³/mol. The quantitative estimate of drug-likeness (QED) is 0.326. The molecule has 2 heterocycles. The number of aromatic nitrogens is 3. The third-order valence-electron chi connectivity index (χ3n) is 5.54. The molecule has 0 fully saturated rings. The highest BCUT2D eigenvalue weighted by atomic mass is 16.4. The minimum atomic E-state index is -1.10. The first-order valence-corrected chi connectivity index (χ1v) is 10.1. The molecule has 4 aromatic rings. The number of aliphatic carboxylic acids is 1. The summed E-state index contributed by atoms with van der Waals surface area (Å²) in [5.41, 5.74) is 2.23. The van der Waals surface area contributed by atoms with E-state index in [0.29, 0.717) is 17.5 Å². The van der Waals surface area contributed by atoms with Crippen LogP contribution >= 0.6 is 0 Å². The van der Waals surface area contributed by atoms with Crippen LogP contribution in [0.25, 0.3) is 21.9 Å². The molecule has 2 aromatic heterocycles. The van der Waals surface area contributed by atoms with E-state index in [4.69, 9.17) is 0 Å². The number of aromatic amines is 2. The van der Waals surface area contributed by atoms with Crippen LogP contribution in [0, 0.1) is 0 Å². The average Bonchev–Trinajstić information content (AvgIpc) is 3.18. The molecule has 4 rings (SSSR count). The van der Waals surface area contributed by atoms with Crippen LogP contribution in [-0.2, 0) is 29.5 Å². The van der Waals surface area contributed by atoms with Crippen molar-refractivity contribution in [1.29, 1.82) is 0 Å². The van der Waals surface area contributed by atoms with E-state index in [2.05, 4.69) is 15.3 Å². The van der Waals surface area contributed by atoms with Crippen LogP contribution in [0.3, 0.4) is 0 Å². The van der Waals surface area contributed by atoms with E-state index in [1.165, 1.54) is 11.6 Å². The molecule has 32 heavy (non-hydrogen) atoms. The minimum absolute atomic E-state index is 0.0825. The zero-order chi connectivity index (χ0) is 22.8. The highest BCUT2D eigenvalue weighted by molar-refractivity contribution is 5.87. The largest absolute Gasteiger partial charge is 0.480 e. The SMILES string of the molecule is Cn1c(=O)c(=O)[nH]c2cc(CCC(=O)N[C@H](Cc3c[nH]c4ccccc34)C(=O)O)ccc21. The average molecular weight is 434 g/mol. The van der Waals surface area contributed by atoms with Gasteiger partial charge in [-0.1, -0.05) is 24.3 Å². The Kier molecular flexibility index (Phi) is 5.63. The number of amides is 1. The number of carbonyl (C=O) groups is 2. The van der Waals surface area contributed by atoms with Crippen molar-refractivity contribution < 1.29 is 14.7 Å². The lowest BCUT2D eigenvalue weighted by Crippen LogP contribution is -2.42. The lowest BCUT2D eigenvalue weighted by atomic mass is 10.0. The van der Waals surface area contributed by atoms with Crippen molar-refractivity contribution in [2.24, 2.45) is 7.05 Å². The van der Waals surface area contributed by atoms with Crippen molar-refractivity contribution in [2.75, 3.05) is 0 Å². The second-order valence-electron chi connectivity index (χ2n) is 7.69. The molecular formula is C23H22N4O5. The van der Waals surface area contributed by atoms with Gasteiger partial charge in [-0.2, -0.15) is 0 Å². The fraction of sp³-hybridized carbons (Fsp3) is 0.217. The zero-order valence-electron chi connectivity index (χ0n) is 17.3. The third kappa shape index (κ3) is 4.18. The van der Waals surface area contributed by atoms with Gasteiger partial charge in [0.2, 0.25) is 5.91 Å². The maximum atomic E-state index is 12.5. The van der Waals surface area contributed by atoms with Gasteiger partial charge >= 0.3 is 17.1 Å². The number of nitrogens with zero attached hydrogens (tertiary/aromatic N) is 1. The van der Waals surface area contributed by atoms with Gasteiger partial charge in [0.25, 0.3) is 0 Å². The molecule has 0 saturated carbocycles. The molecule has 0 saturated heterocycles. The fourth-order valence-corrected chi connectivity index (χ4v) is 3.81. The summed E-state index contributed by atoms with van der Waals surface area (Å²) in [5.74, 6) is -1.49. The second kappa shape index (κ2) is 8.54.